The molecule has 0 aliphatic carbocycles. The van der Waals surface area contributed by atoms with Crippen LogP contribution in [-0.2, 0) is 6.54 Å². The maximum Gasteiger partial charge on any atom is 0.509 e. The smallest absolute Gasteiger partial charge is 0.445 e. The minimum atomic E-state index is -4.87. The van der Waals surface area contributed by atoms with Gasteiger partial charge in [-0.1, -0.05) is 24.3 Å². The molecule has 1 saturated heterocycles. The van der Waals surface area contributed by atoms with E-state index in [-0.39, 0.29) is 0 Å². The van der Waals surface area contributed by atoms with Crippen molar-refractivity contribution in [2.45, 2.75) is 19.4 Å². The van der Waals surface area contributed by atoms with Gasteiger partial charge in [-0.05, 0) is 31.5 Å². The summed E-state index contributed by atoms with van der Waals surface area (Å²) in [7, 11) is 0. The Balaban J connectivity index is 2.09. The van der Waals surface area contributed by atoms with Gasteiger partial charge in [0.1, 0.15) is 0 Å². The van der Waals surface area contributed by atoms with E-state index in [4.69, 9.17) is 0 Å². The summed E-state index contributed by atoms with van der Waals surface area (Å²) in [6.07, 6.45) is 2.31. The molecule has 0 amide bonds. The van der Waals surface area contributed by atoms with Crippen molar-refractivity contribution in [2.75, 3.05) is 13.1 Å². The SMILES string of the molecule is F[B-](F)(F)c1cccc(CN2CCCC2)c1. The number of hydrogen-bond donors (Lipinski definition) is 0. The van der Waals surface area contributed by atoms with Gasteiger partial charge in [0.05, 0.1) is 0 Å². The van der Waals surface area contributed by atoms with Gasteiger partial charge in [0.15, 0.2) is 0 Å². The molecule has 0 bridgehead atoms. The van der Waals surface area contributed by atoms with Crippen LogP contribution in [0.4, 0.5) is 12.9 Å². The Hall–Kier alpha value is -0.965. The van der Waals surface area contributed by atoms with Crippen LogP contribution in [0.1, 0.15) is 18.4 Å². The average molecular weight is 228 g/mol. The van der Waals surface area contributed by atoms with Gasteiger partial charge in [0, 0.05) is 6.54 Å². The summed E-state index contributed by atoms with van der Waals surface area (Å²) in [5, 5.41) is 0. The Labute approximate surface area is 93.3 Å². The second-order valence-electron chi connectivity index (χ2n) is 4.30. The van der Waals surface area contributed by atoms with E-state index in [1.165, 1.54) is 12.1 Å². The molecule has 88 valence electrons. The van der Waals surface area contributed by atoms with E-state index in [0.717, 1.165) is 37.6 Å². The van der Waals surface area contributed by atoms with Crippen molar-refractivity contribution in [2.24, 2.45) is 0 Å². The first kappa shape index (κ1) is 11.5. The monoisotopic (exact) mass is 228 g/mol. The summed E-state index contributed by atoms with van der Waals surface area (Å²) < 4.78 is 37.6. The molecular weight excluding hydrogens is 214 g/mol. The van der Waals surface area contributed by atoms with Crippen molar-refractivity contribution >= 4 is 12.4 Å². The molecule has 0 unspecified atom stereocenters. The standard InChI is InChI=1S/C11H14BF3N/c13-12(14,15)11-5-3-4-10(8-11)9-16-6-1-2-7-16/h3-5,8H,1-2,6-7,9H2/q-1. The summed E-state index contributed by atoms with van der Waals surface area (Å²) >= 11 is 0. The predicted molar refractivity (Wildman–Crippen MR) is 59.7 cm³/mol. The Morgan fingerprint density at radius 3 is 2.44 bits per heavy atom. The van der Waals surface area contributed by atoms with Gasteiger partial charge < -0.3 is 12.9 Å². The van der Waals surface area contributed by atoms with Crippen LogP contribution in [0.3, 0.4) is 0 Å². The highest BCUT2D eigenvalue weighted by atomic mass is 19.4. The minimum absolute atomic E-state index is 0.489. The first-order valence-electron chi connectivity index (χ1n) is 5.57. The van der Waals surface area contributed by atoms with Crippen molar-refractivity contribution in [1.29, 1.82) is 0 Å². The van der Waals surface area contributed by atoms with E-state index in [0.29, 0.717) is 6.54 Å². The third-order valence-corrected chi connectivity index (χ3v) is 2.93. The van der Waals surface area contributed by atoms with Crippen molar-refractivity contribution < 1.29 is 12.9 Å². The molecule has 1 aliphatic heterocycles. The number of rotatable bonds is 3. The summed E-state index contributed by atoms with van der Waals surface area (Å²) in [4.78, 5) is 2.20. The van der Waals surface area contributed by atoms with Crippen LogP contribution in [0, 0.1) is 0 Å². The fourth-order valence-electron chi connectivity index (χ4n) is 2.09. The third kappa shape index (κ3) is 2.79. The van der Waals surface area contributed by atoms with E-state index >= 15 is 0 Å². The van der Waals surface area contributed by atoms with Crippen molar-refractivity contribution in [3.8, 4) is 0 Å². The summed E-state index contributed by atoms with van der Waals surface area (Å²) in [5.74, 6) is 0. The van der Waals surface area contributed by atoms with Crippen LogP contribution in [0.2, 0.25) is 0 Å². The molecule has 1 aromatic rings. The fourth-order valence-corrected chi connectivity index (χ4v) is 2.09. The lowest BCUT2D eigenvalue weighted by Crippen LogP contribution is -2.34. The second kappa shape index (κ2) is 4.49. The lowest BCUT2D eigenvalue weighted by molar-refractivity contribution is 0.331. The molecule has 1 aliphatic rings. The summed E-state index contributed by atoms with van der Waals surface area (Å²) in [5.41, 5.74) is 0.273. The van der Waals surface area contributed by atoms with E-state index in [1.807, 2.05) is 0 Å². The average Bonchev–Trinajstić information content (AvgIpc) is 2.70. The topological polar surface area (TPSA) is 3.24 Å². The van der Waals surface area contributed by atoms with Crippen LogP contribution >= 0.6 is 0 Å². The van der Waals surface area contributed by atoms with E-state index in [1.54, 1.807) is 6.07 Å². The molecule has 5 heteroatoms. The van der Waals surface area contributed by atoms with Crippen LogP contribution in [0.15, 0.2) is 24.3 Å². The van der Waals surface area contributed by atoms with E-state index in [2.05, 4.69) is 4.90 Å². The van der Waals surface area contributed by atoms with Crippen molar-refractivity contribution in [3.63, 3.8) is 0 Å². The van der Waals surface area contributed by atoms with E-state index < -0.39 is 12.4 Å². The summed E-state index contributed by atoms with van der Waals surface area (Å²) in [6.45, 7) is -2.23. The Morgan fingerprint density at radius 1 is 1.12 bits per heavy atom. The van der Waals surface area contributed by atoms with Crippen LogP contribution in [0.25, 0.3) is 0 Å². The zero-order valence-electron chi connectivity index (χ0n) is 9.00. The molecular formula is C11H14BF3N-. The van der Waals surface area contributed by atoms with E-state index in [9.17, 15) is 12.9 Å². The first-order chi connectivity index (χ1) is 7.55. The first-order valence-corrected chi connectivity index (χ1v) is 5.57. The van der Waals surface area contributed by atoms with Crippen LogP contribution < -0.4 is 5.46 Å². The molecule has 0 atom stereocenters. The minimum Gasteiger partial charge on any atom is -0.445 e. The molecule has 2 rings (SSSR count). The largest absolute Gasteiger partial charge is 0.509 e. The molecule has 1 fully saturated rings. The van der Waals surface area contributed by atoms with Gasteiger partial charge in [0.25, 0.3) is 0 Å². The van der Waals surface area contributed by atoms with Gasteiger partial charge >= 0.3 is 6.98 Å². The number of benzene rings is 1. The molecule has 1 nitrogen and oxygen atoms in total. The maximum atomic E-state index is 12.5. The maximum absolute atomic E-state index is 12.5. The van der Waals surface area contributed by atoms with Gasteiger partial charge in [0.2, 0.25) is 0 Å². The highest BCUT2D eigenvalue weighted by Crippen LogP contribution is 2.14. The Bertz CT molecular complexity index is 358. The Morgan fingerprint density at radius 2 is 1.81 bits per heavy atom. The van der Waals surface area contributed by atoms with Crippen LogP contribution in [0.5, 0.6) is 0 Å². The molecule has 16 heavy (non-hydrogen) atoms. The number of hydrogen-bond acceptors (Lipinski definition) is 1. The summed E-state index contributed by atoms with van der Waals surface area (Å²) in [6, 6.07) is 5.69. The number of likely N-dealkylation sites (tertiary alicyclic amines) is 1. The normalized spacial score (nSPS) is 17.9. The number of nitrogens with zero attached hydrogens (tertiary/aromatic N) is 1. The van der Waals surface area contributed by atoms with Gasteiger partial charge in [-0.2, -0.15) is 0 Å². The highest BCUT2D eigenvalue weighted by Gasteiger charge is 2.25. The number of halogens is 3. The fraction of sp³-hybridized carbons (Fsp3) is 0.455. The molecule has 1 heterocycles. The zero-order chi connectivity index (χ0) is 11.6. The molecule has 0 aromatic heterocycles. The molecule has 1 aromatic carbocycles. The molecule has 0 saturated carbocycles. The highest BCUT2D eigenvalue weighted by molar-refractivity contribution is 6.73. The quantitative estimate of drug-likeness (QED) is 0.717. The third-order valence-electron chi connectivity index (χ3n) is 2.93. The predicted octanol–water partition coefficient (Wildman–Crippen LogP) is 2.34. The van der Waals surface area contributed by atoms with Gasteiger partial charge in [-0.3, -0.25) is 4.90 Å². The molecule has 0 spiro atoms. The van der Waals surface area contributed by atoms with Crippen LogP contribution in [-0.4, -0.2) is 25.0 Å². The lowest BCUT2D eigenvalue weighted by Gasteiger charge is -2.18. The van der Waals surface area contributed by atoms with Crippen molar-refractivity contribution in [3.05, 3.63) is 29.8 Å². The molecule has 0 radical (unpaired) electrons. The second-order valence-corrected chi connectivity index (χ2v) is 4.30. The van der Waals surface area contributed by atoms with Gasteiger partial charge in [-0.15, -0.1) is 5.46 Å². The Kier molecular flexibility index (Phi) is 3.24. The van der Waals surface area contributed by atoms with Crippen molar-refractivity contribution in [1.82, 2.24) is 4.90 Å². The molecule has 0 N–H and O–H groups in total. The van der Waals surface area contributed by atoms with Gasteiger partial charge in [-0.25, -0.2) is 0 Å². The lowest BCUT2D eigenvalue weighted by atomic mass is 9.79. The zero-order valence-corrected chi connectivity index (χ0v) is 9.00.